The highest BCUT2D eigenvalue weighted by Gasteiger charge is 2.36. The van der Waals surface area contributed by atoms with Gasteiger partial charge >= 0.3 is 5.97 Å². The quantitative estimate of drug-likeness (QED) is 0.469. The van der Waals surface area contributed by atoms with Crippen molar-refractivity contribution in [3.05, 3.63) is 40.1 Å². The average Bonchev–Trinajstić information content (AvgIpc) is 2.49. The first-order chi connectivity index (χ1) is 11.3. The minimum atomic E-state index is -1.48. The number of halogens is 1. The first-order valence-corrected chi connectivity index (χ1v) is 7.93. The number of ether oxygens (including phenoxy) is 2. The van der Waals surface area contributed by atoms with Crippen LogP contribution in [0.5, 0.6) is 11.5 Å². The third kappa shape index (κ3) is 3.91. The second-order valence-corrected chi connectivity index (χ2v) is 5.88. The summed E-state index contributed by atoms with van der Waals surface area (Å²) in [5, 5.41) is 9.85. The summed E-state index contributed by atoms with van der Waals surface area (Å²) >= 11 is 3.19. The standard InChI is InChI=1S/C17H15BrO6/c1-3-23-14-8-10(7-11(18)16(14)21)4-5-12(19)15-13(20)6-9(2)24-17(15)22/h4-8,15,21H,3H2,1-2H3/b5-4+. The lowest BCUT2D eigenvalue weighted by atomic mass is 9.96. The van der Waals surface area contributed by atoms with Crippen molar-refractivity contribution in [1.82, 2.24) is 0 Å². The fraction of sp³-hybridized carbons (Fsp3) is 0.235. The Bertz CT molecular complexity index is 763. The van der Waals surface area contributed by atoms with Crippen molar-refractivity contribution in [2.24, 2.45) is 5.92 Å². The maximum Gasteiger partial charge on any atom is 0.329 e. The van der Waals surface area contributed by atoms with Gasteiger partial charge in [-0.15, -0.1) is 0 Å². The van der Waals surface area contributed by atoms with Gasteiger partial charge in [-0.25, -0.2) is 0 Å². The predicted octanol–water partition coefficient (Wildman–Crippen LogP) is 2.78. The summed E-state index contributed by atoms with van der Waals surface area (Å²) in [6, 6.07) is 3.12. The van der Waals surface area contributed by atoms with Crippen molar-refractivity contribution in [3.63, 3.8) is 0 Å². The van der Waals surface area contributed by atoms with Gasteiger partial charge < -0.3 is 14.6 Å². The minimum absolute atomic E-state index is 0.0491. The molecule has 0 saturated carbocycles. The Morgan fingerprint density at radius 2 is 2.12 bits per heavy atom. The van der Waals surface area contributed by atoms with E-state index in [-0.39, 0.29) is 17.3 Å². The lowest BCUT2D eigenvalue weighted by Gasteiger charge is -2.15. The lowest BCUT2D eigenvalue weighted by Crippen LogP contribution is -2.34. The second kappa shape index (κ2) is 7.44. The molecule has 7 heteroatoms. The molecule has 1 aliphatic rings. The number of phenols is 1. The number of ketones is 2. The molecule has 0 aromatic heterocycles. The Hall–Kier alpha value is -2.41. The van der Waals surface area contributed by atoms with Gasteiger partial charge in [-0.3, -0.25) is 14.4 Å². The summed E-state index contributed by atoms with van der Waals surface area (Å²) < 4.78 is 10.5. The minimum Gasteiger partial charge on any atom is -0.503 e. The van der Waals surface area contributed by atoms with Crippen molar-refractivity contribution in [3.8, 4) is 11.5 Å². The van der Waals surface area contributed by atoms with Crippen LogP contribution in [0.25, 0.3) is 6.08 Å². The van der Waals surface area contributed by atoms with Crippen LogP contribution >= 0.6 is 15.9 Å². The van der Waals surface area contributed by atoms with E-state index < -0.39 is 23.5 Å². The molecule has 0 aliphatic carbocycles. The van der Waals surface area contributed by atoms with Crippen molar-refractivity contribution >= 4 is 39.5 Å². The van der Waals surface area contributed by atoms with Crippen LogP contribution in [0.1, 0.15) is 19.4 Å². The molecular formula is C17H15BrO6. The maximum atomic E-state index is 12.1. The monoisotopic (exact) mass is 394 g/mol. The molecule has 2 rings (SSSR count). The molecule has 0 fully saturated rings. The number of allylic oxidation sites excluding steroid dienone is 3. The molecule has 126 valence electrons. The molecule has 1 aromatic rings. The zero-order valence-electron chi connectivity index (χ0n) is 13.0. The molecule has 0 saturated heterocycles. The van der Waals surface area contributed by atoms with E-state index in [0.29, 0.717) is 16.6 Å². The van der Waals surface area contributed by atoms with Crippen LogP contribution in [0.2, 0.25) is 0 Å². The number of phenolic OH excluding ortho intramolecular Hbond substituents is 1. The zero-order chi connectivity index (χ0) is 17.9. The van der Waals surface area contributed by atoms with E-state index in [1.807, 2.05) is 0 Å². The van der Waals surface area contributed by atoms with Crippen LogP contribution < -0.4 is 4.74 Å². The van der Waals surface area contributed by atoms with Gasteiger partial charge in [-0.05, 0) is 53.5 Å². The Morgan fingerprint density at radius 1 is 1.42 bits per heavy atom. The summed E-state index contributed by atoms with van der Waals surface area (Å²) in [5.41, 5.74) is 0.555. The molecule has 6 nitrogen and oxygen atoms in total. The van der Waals surface area contributed by atoms with Gasteiger partial charge in [0.15, 0.2) is 29.0 Å². The molecule has 1 aliphatic heterocycles. The fourth-order valence-corrected chi connectivity index (χ4v) is 2.59. The van der Waals surface area contributed by atoms with E-state index in [0.717, 1.165) is 12.2 Å². The van der Waals surface area contributed by atoms with E-state index in [4.69, 9.17) is 9.47 Å². The smallest absolute Gasteiger partial charge is 0.329 e. The Kier molecular flexibility index (Phi) is 5.56. The number of hydrogen-bond acceptors (Lipinski definition) is 6. The van der Waals surface area contributed by atoms with Gasteiger partial charge in [-0.2, -0.15) is 0 Å². The first kappa shape index (κ1) is 17.9. The highest BCUT2D eigenvalue weighted by Crippen LogP contribution is 2.35. The molecule has 0 spiro atoms. The van der Waals surface area contributed by atoms with Crippen molar-refractivity contribution in [1.29, 1.82) is 0 Å². The third-order valence-electron chi connectivity index (χ3n) is 3.20. The predicted molar refractivity (Wildman–Crippen MR) is 89.4 cm³/mol. The SMILES string of the molecule is CCOc1cc(/C=C/C(=O)C2C(=O)C=C(C)OC2=O)cc(Br)c1O. The van der Waals surface area contributed by atoms with Crippen molar-refractivity contribution in [2.45, 2.75) is 13.8 Å². The number of hydrogen-bond donors (Lipinski definition) is 1. The molecule has 1 unspecified atom stereocenters. The number of rotatable bonds is 5. The number of carbonyl (C=O) groups excluding carboxylic acids is 3. The molecule has 24 heavy (non-hydrogen) atoms. The fourth-order valence-electron chi connectivity index (χ4n) is 2.13. The van der Waals surface area contributed by atoms with Crippen LogP contribution in [0.4, 0.5) is 0 Å². The zero-order valence-corrected chi connectivity index (χ0v) is 14.6. The molecule has 1 heterocycles. The largest absolute Gasteiger partial charge is 0.503 e. The van der Waals surface area contributed by atoms with Crippen LogP contribution in [-0.4, -0.2) is 29.2 Å². The van der Waals surface area contributed by atoms with E-state index in [1.54, 1.807) is 19.1 Å². The molecular weight excluding hydrogens is 380 g/mol. The highest BCUT2D eigenvalue weighted by molar-refractivity contribution is 9.10. The molecule has 0 amide bonds. The van der Waals surface area contributed by atoms with Gasteiger partial charge in [-0.1, -0.05) is 6.08 Å². The van der Waals surface area contributed by atoms with Gasteiger partial charge in [0.1, 0.15) is 5.76 Å². The number of esters is 1. The molecule has 1 atom stereocenters. The summed E-state index contributed by atoms with van der Waals surface area (Å²) in [5.74, 6) is -3.25. The summed E-state index contributed by atoms with van der Waals surface area (Å²) in [4.78, 5) is 35.7. The summed E-state index contributed by atoms with van der Waals surface area (Å²) in [6.07, 6.45) is 3.69. The van der Waals surface area contributed by atoms with E-state index in [2.05, 4.69) is 15.9 Å². The van der Waals surface area contributed by atoms with Crippen molar-refractivity contribution < 1.29 is 29.0 Å². The number of carbonyl (C=O) groups is 3. The molecule has 1 N–H and O–H groups in total. The lowest BCUT2D eigenvalue weighted by molar-refractivity contribution is -0.151. The average molecular weight is 395 g/mol. The molecule has 0 bridgehead atoms. The summed E-state index contributed by atoms with van der Waals surface area (Å²) in [7, 11) is 0. The Morgan fingerprint density at radius 3 is 2.75 bits per heavy atom. The maximum absolute atomic E-state index is 12.1. The van der Waals surface area contributed by atoms with Crippen LogP contribution in [0, 0.1) is 5.92 Å². The number of benzene rings is 1. The van der Waals surface area contributed by atoms with Crippen molar-refractivity contribution in [2.75, 3.05) is 6.61 Å². The van der Waals surface area contributed by atoms with E-state index in [9.17, 15) is 19.5 Å². The van der Waals surface area contributed by atoms with Gasteiger partial charge in [0, 0.05) is 6.08 Å². The Labute approximate surface area is 146 Å². The number of aromatic hydroxyl groups is 1. The van der Waals surface area contributed by atoms with Gasteiger partial charge in [0.05, 0.1) is 11.1 Å². The Balaban J connectivity index is 2.23. The first-order valence-electron chi connectivity index (χ1n) is 7.14. The normalized spacial score (nSPS) is 17.6. The van der Waals surface area contributed by atoms with Crippen LogP contribution in [0.15, 0.2) is 34.5 Å². The van der Waals surface area contributed by atoms with Gasteiger partial charge in [0.2, 0.25) is 0 Å². The second-order valence-electron chi connectivity index (χ2n) is 5.03. The van der Waals surface area contributed by atoms with Gasteiger partial charge in [0.25, 0.3) is 0 Å². The third-order valence-corrected chi connectivity index (χ3v) is 3.81. The number of cyclic esters (lactones) is 1. The highest BCUT2D eigenvalue weighted by atomic mass is 79.9. The van der Waals surface area contributed by atoms with E-state index in [1.165, 1.54) is 13.0 Å². The van der Waals surface area contributed by atoms with Crippen LogP contribution in [-0.2, 0) is 19.1 Å². The van der Waals surface area contributed by atoms with Crippen LogP contribution in [0.3, 0.4) is 0 Å². The molecule has 0 radical (unpaired) electrons. The topological polar surface area (TPSA) is 89.9 Å². The molecule has 1 aromatic carbocycles. The summed E-state index contributed by atoms with van der Waals surface area (Å²) in [6.45, 7) is 3.60. The van der Waals surface area contributed by atoms with E-state index >= 15 is 0 Å².